The first-order chi connectivity index (χ1) is 10.3. The average molecular weight is 363 g/mol. The SMILES string of the molecule is CC(C)C[C@H](Nc1ccc(S(C)(=O)=O)cc1S(C)(=O)=O)C(=O)O. The summed E-state index contributed by atoms with van der Waals surface area (Å²) in [5, 5.41) is 11.9. The minimum Gasteiger partial charge on any atom is -0.480 e. The van der Waals surface area contributed by atoms with Gasteiger partial charge in [-0.05, 0) is 30.5 Å². The smallest absolute Gasteiger partial charge is 0.326 e. The van der Waals surface area contributed by atoms with Crippen molar-refractivity contribution < 1.29 is 26.7 Å². The Morgan fingerprint density at radius 3 is 2.09 bits per heavy atom. The molecule has 0 aromatic heterocycles. The van der Waals surface area contributed by atoms with Crippen LogP contribution in [-0.4, -0.2) is 46.5 Å². The summed E-state index contributed by atoms with van der Waals surface area (Å²) in [6.45, 7) is 3.70. The number of carboxylic acid groups (broad SMARTS) is 1. The molecule has 1 aromatic carbocycles. The molecule has 0 aliphatic heterocycles. The van der Waals surface area contributed by atoms with Crippen LogP contribution in [0.15, 0.2) is 28.0 Å². The van der Waals surface area contributed by atoms with Gasteiger partial charge in [0.15, 0.2) is 19.7 Å². The third-order valence-electron chi connectivity index (χ3n) is 3.12. The number of anilines is 1. The molecule has 1 rings (SSSR count). The Kier molecular flexibility index (Phi) is 5.81. The molecule has 1 atom stereocenters. The van der Waals surface area contributed by atoms with E-state index < -0.39 is 31.7 Å². The molecule has 23 heavy (non-hydrogen) atoms. The van der Waals surface area contributed by atoms with Crippen molar-refractivity contribution in [3.63, 3.8) is 0 Å². The van der Waals surface area contributed by atoms with Crippen LogP contribution in [0.25, 0.3) is 0 Å². The zero-order valence-electron chi connectivity index (χ0n) is 13.4. The van der Waals surface area contributed by atoms with E-state index in [2.05, 4.69) is 5.32 Å². The third kappa shape index (κ3) is 5.51. The van der Waals surface area contributed by atoms with Gasteiger partial charge < -0.3 is 10.4 Å². The van der Waals surface area contributed by atoms with Crippen molar-refractivity contribution in [2.45, 2.75) is 36.1 Å². The molecule has 0 radical (unpaired) electrons. The Morgan fingerprint density at radius 1 is 1.13 bits per heavy atom. The number of sulfone groups is 2. The maximum Gasteiger partial charge on any atom is 0.326 e. The molecule has 0 amide bonds. The summed E-state index contributed by atoms with van der Waals surface area (Å²) in [5.41, 5.74) is 0.0768. The highest BCUT2D eigenvalue weighted by Crippen LogP contribution is 2.26. The van der Waals surface area contributed by atoms with Gasteiger partial charge in [-0.2, -0.15) is 0 Å². The van der Waals surface area contributed by atoms with Crippen molar-refractivity contribution in [3.05, 3.63) is 18.2 Å². The lowest BCUT2D eigenvalue weighted by atomic mass is 10.0. The first kappa shape index (κ1) is 19.4. The zero-order valence-corrected chi connectivity index (χ0v) is 15.0. The number of carboxylic acids is 1. The second kappa shape index (κ2) is 6.88. The molecule has 0 heterocycles. The maximum atomic E-state index is 11.9. The third-order valence-corrected chi connectivity index (χ3v) is 5.36. The van der Waals surface area contributed by atoms with E-state index in [4.69, 9.17) is 0 Å². The molecular weight excluding hydrogens is 342 g/mol. The lowest BCUT2D eigenvalue weighted by Gasteiger charge is -2.19. The van der Waals surface area contributed by atoms with Gasteiger partial charge in [-0.3, -0.25) is 0 Å². The number of benzene rings is 1. The van der Waals surface area contributed by atoms with Crippen LogP contribution in [0.4, 0.5) is 5.69 Å². The summed E-state index contributed by atoms with van der Waals surface area (Å²) in [5.74, 6) is -1.02. The van der Waals surface area contributed by atoms with Crippen LogP contribution in [0.5, 0.6) is 0 Å². The molecule has 2 N–H and O–H groups in total. The van der Waals surface area contributed by atoms with E-state index in [0.717, 1.165) is 18.6 Å². The predicted octanol–water partition coefficient (Wildman–Crippen LogP) is 1.40. The first-order valence-corrected chi connectivity index (χ1v) is 10.6. The number of rotatable bonds is 7. The van der Waals surface area contributed by atoms with Crippen LogP contribution in [-0.2, 0) is 24.5 Å². The monoisotopic (exact) mass is 363 g/mol. The Morgan fingerprint density at radius 2 is 1.70 bits per heavy atom. The Hall–Kier alpha value is -1.61. The quantitative estimate of drug-likeness (QED) is 0.752. The molecule has 0 aliphatic rings. The van der Waals surface area contributed by atoms with Crippen molar-refractivity contribution in [2.75, 3.05) is 17.8 Å². The van der Waals surface area contributed by atoms with Crippen LogP contribution in [0, 0.1) is 5.92 Å². The molecule has 0 spiro atoms. The molecule has 9 heteroatoms. The molecule has 0 fully saturated rings. The molecule has 0 saturated heterocycles. The fourth-order valence-electron chi connectivity index (χ4n) is 2.04. The fourth-order valence-corrected chi connectivity index (χ4v) is 3.63. The fraction of sp³-hybridized carbons (Fsp3) is 0.500. The number of carbonyl (C=O) groups is 1. The van der Waals surface area contributed by atoms with Crippen molar-refractivity contribution >= 4 is 31.3 Å². The molecule has 0 aliphatic carbocycles. The largest absolute Gasteiger partial charge is 0.480 e. The second-order valence-corrected chi connectivity index (χ2v) is 9.87. The Labute approximate surface area is 136 Å². The molecule has 130 valence electrons. The maximum absolute atomic E-state index is 11.9. The number of hydrogen-bond donors (Lipinski definition) is 2. The summed E-state index contributed by atoms with van der Waals surface area (Å²) in [7, 11) is -7.31. The molecule has 0 unspecified atom stereocenters. The normalized spacial score (nSPS) is 13.8. The highest BCUT2D eigenvalue weighted by molar-refractivity contribution is 7.91. The van der Waals surface area contributed by atoms with Crippen LogP contribution in [0.2, 0.25) is 0 Å². The summed E-state index contributed by atoms with van der Waals surface area (Å²) in [6.07, 6.45) is 2.21. The molecule has 1 aromatic rings. The van der Waals surface area contributed by atoms with E-state index in [9.17, 15) is 26.7 Å². The van der Waals surface area contributed by atoms with Crippen LogP contribution < -0.4 is 5.32 Å². The van der Waals surface area contributed by atoms with Gasteiger partial charge in [0.1, 0.15) is 6.04 Å². The minimum atomic E-state index is -3.74. The van der Waals surface area contributed by atoms with Gasteiger partial charge in [-0.1, -0.05) is 13.8 Å². The Bertz CT molecular complexity index is 797. The van der Waals surface area contributed by atoms with Crippen molar-refractivity contribution in [1.29, 1.82) is 0 Å². The van der Waals surface area contributed by atoms with Crippen molar-refractivity contribution in [2.24, 2.45) is 5.92 Å². The summed E-state index contributed by atoms with van der Waals surface area (Å²) in [6, 6.07) is 2.60. The molecule has 0 bridgehead atoms. The van der Waals surface area contributed by atoms with Gasteiger partial charge in [0, 0.05) is 12.5 Å². The van der Waals surface area contributed by atoms with Gasteiger partial charge in [0.2, 0.25) is 0 Å². The summed E-state index contributed by atoms with van der Waals surface area (Å²) < 4.78 is 47.0. The summed E-state index contributed by atoms with van der Waals surface area (Å²) in [4.78, 5) is 10.9. The van der Waals surface area contributed by atoms with Gasteiger partial charge in [-0.25, -0.2) is 21.6 Å². The van der Waals surface area contributed by atoms with E-state index in [1.807, 2.05) is 13.8 Å². The van der Waals surface area contributed by atoms with E-state index in [-0.39, 0.29) is 21.4 Å². The molecule has 7 nitrogen and oxygen atoms in total. The second-order valence-electron chi connectivity index (χ2n) is 5.87. The lowest BCUT2D eigenvalue weighted by Crippen LogP contribution is -2.31. The van der Waals surface area contributed by atoms with Gasteiger partial charge >= 0.3 is 5.97 Å². The minimum absolute atomic E-state index is 0.0768. The van der Waals surface area contributed by atoms with Crippen LogP contribution in [0.3, 0.4) is 0 Å². The van der Waals surface area contributed by atoms with E-state index in [0.29, 0.717) is 6.42 Å². The number of hydrogen-bond acceptors (Lipinski definition) is 6. The first-order valence-electron chi connectivity index (χ1n) is 6.86. The van der Waals surface area contributed by atoms with E-state index >= 15 is 0 Å². The van der Waals surface area contributed by atoms with E-state index in [1.165, 1.54) is 12.1 Å². The van der Waals surface area contributed by atoms with Gasteiger partial charge in [-0.15, -0.1) is 0 Å². The highest BCUT2D eigenvalue weighted by atomic mass is 32.2. The van der Waals surface area contributed by atoms with Crippen LogP contribution in [0.1, 0.15) is 20.3 Å². The zero-order chi connectivity index (χ0) is 18.0. The van der Waals surface area contributed by atoms with Crippen molar-refractivity contribution in [3.8, 4) is 0 Å². The van der Waals surface area contributed by atoms with E-state index in [1.54, 1.807) is 0 Å². The number of aliphatic carboxylic acids is 1. The molecule has 0 saturated carbocycles. The predicted molar refractivity (Wildman–Crippen MR) is 87.2 cm³/mol. The van der Waals surface area contributed by atoms with Crippen molar-refractivity contribution in [1.82, 2.24) is 0 Å². The van der Waals surface area contributed by atoms with Gasteiger partial charge in [0.05, 0.1) is 15.5 Å². The standard InChI is InChI=1S/C14H21NO6S2/c1-9(2)7-12(14(16)17)15-11-6-5-10(22(3,18)19)8-13(11)23(4,20)21/h5-6,8-9,12,15H,7H2,1-4H3,(H,16,17)/t12-/m0/s1. The van der Waals surface area contributed by atoms with Gasteiger partial charge in [0.25, 0.3) is 0 Å². The lowest BCUT2D eigenvalue weighted by molar-refractivity contribution is -0.138. The highest BCUT2D eigenvalue weighted by Gasteiger charge is 2.23. The topological polar surface area (TPSA) is 118 Å². The number of nitrogens with one attached hydrogen (secondary N) is 1. The van der Waals surface area contributed by atoms with Crippen LogP contribution >= 0.6 is 0 Å². The average Bonchev–Trinajstić information content (AvgIpc) is 2.35. The Balaban J connectivity index is 3.38. The molecular formula is C14H21NO6S2. The summed E-state index contributed by atoms with van der Waals surface area (Å²) >= 11 is 0.